The first-order chi connectivity index (χ1) is 15.8. The Bertz CT molecular complexity index is 1120. The van der Waals surface area contributed by atoms with Gasteiger partial charge in [0.2, 0.25) is 5.91 Å². The third-order valence-corrected chi connectivity index (χ3v) is 6.09. The molecule has 1 aromatic heterocycles. The minimum absolute atomic E-state index is 0.0740. The molecule has 33 heavy (non-hydrogen) atoms. The molecule has 8 heteroatoms. The molecule has 1 heterocycles. The molecule has 0 aliphatic heterocycles. The van der Waals surface area contributed by atoms with Crippen molar-refractivity contribution in [1.29, 1.82) is 0 Å². The molecule has 0 spiro atoms. The number of carbonyl (C=O) groups excluding carboxylic acids is 2. The second-order valence-electron chi connectivity index (χ2n) is 8.79. The fourth-order valence-electron chi connectivity index (χ4n) is 3.79. The molecular formula is C25H27FN4O3. The Morgan fingerprint density at radius 3 is 2.55 bits per heavy atom. The molecule has 2 amide bonds. The van der Waals surface area contributed by atoms with Crippen LogP contribution in [0, 0.1) is 5.82 Å². The number of amides is 2. The van der Waals surface area contributed by atoms with Gasteiger partial charge in [0.1, 0.15) is 11.9 Å². The van der Waals surface area contributed by atoms with Gasteiger partial charge in [-0.25, -0.2) is 9.18 Å². The van der Waals surface area contributed by atoms with E-state index in [4.69, 9.17) is 4.74 Å². The van der Waals surface area contributed by atoms with E-state index in [1.54, 1.807) is 18.2 Å². The molecule has 0 saturated heterocycles. The minimum Gasteiger partial charge on any atom is -0.446 e. The maximum atomic E-state index is 13.6. The zero-order valence-corrected chi connectivity index (χ0v) is 18.6. The van der Waals surface area contributed by atoms with Gasteiger partial charge in [-0.05, 0) is 38.3 Å². The van der Waals surface area contributed by atoms with E-state index in [0.29, 0.717) is 24.2 Å². The molecule has 0 atom stereocenters. The molecule has 0 radical (unpaired) electrons. The Labute approximate surface area is 191 Å². The second kappa shape index (κ2) is 9.44. The van der Waals surface area contributed by atoms with Crippen molar-refractivity contribution < 1.29 is 18.7 Å². The van der Waals surface area contributed by atoms with Crippen LogP contribution in [0.25, 0.3) is 0 Å². The van der Waals surface area contributed by atoms with E-state index in [2.05, 4.69) is 20.8 Å². The number of aromatic nitrogens is 2. The maximum absolute atomic E-state index is 13.6. The lowest BCUT2D eigenvalue weighted by Gasteiger charge is -2.33. The summed E-state index contributed by atoms with van der Waals surface area (Å²) < 4.78 is 19.0. The van der Waals surface area contributed by atoms with Crippen molar-refractivity contribution in [3.8, 4) is 0 Å². The molecule has 1 aliphatic carbocycles. The van der Waals surface area contributed by atoms with Crippen LogP contribution in [0.15, 0.2) is 60.7 Å². The van der Waals surface area contributed by atoms with E-state index in [-0.39, 0.29) is 30.3 Å². The molecular weight excluding hydrogens is 423 g/mol. The standard InChI is InChI=1S/C25H27FN4O3/c1-25(2,18-9-4-3-5-10-18)23(31)28-22-14-21(29-30-22)17-12-19(13-17)33-24(32)27-15-16-8-6-7-11-20(16)26/h3-11,14,17,19H,12-13,15H2,1-2H3,(H,27,32)(H2,28,29,30,31)/t17-,19+. The van der Waals surface area contributed by atoms with Gasteiger partial charge in [0.25, 0.3) is 0 Å². The van der Waals surface area contributed by atoms with E-state index in [9.17, 15) is 14.0 Å². The smallest absolute Gasteiger partial charge is 0.407 e. The minimum atomic E-state index is -0.703. The summed E-state index contributed by atoms with van der Waals surface area (Å²) in [5.41, 5.74) is 1.51. The van der Waals surface area contributed by atoms with Gasteiger partial charge in [0.15, 0.2) is 5.82 Å². The van der Waals surface area contributed by atoms with Gasteiger partial charge in [-0.1, -0.05) is 48.5 Å². The summed E-state index contributed by atoms with van der Waals surface area (Å²) in [6.45, 7) is 3.82. The Morgan fingerprint density at radius 2 is 1.82 bits per heavy atom. The lowest BCUT2D eigenvalue weighted by atomic mass is 9.80. The lowest BCUT2D eigenvalue weighted by Crippen LogP contribution is -2.36. The summed E-state index contributed by atoms with van der Waals surface area (Å²) in [5, 5.41) is 12.6. The van der Waals surface area contributed by atoms with E-state index in [1.165, 1.54) is 6.07 Å². The zero-order valence-electron chi connectivity index (χ0n) is 18.6. The number of benzene rings is 2. The van der Waals surface area contributed by atoms with Crippen molar-refractivity contribution in [2.45, 2.75) is 50.7 Å². The van der Waals surface area contributed by atoms with Crippen LogP contribution in [0.1, 0.15) is 49.4 Å². The number of ether oxygens (including phenoxy) is 1. The number of carbonyl (C=O) groups is 2. The Kier molecular flexibility index (Phi) is 6.44. The molecule has 3 aromatic rings. The summed E-state index contributed by atoms with van der Waals surface area (Å²) in [5.74, 6) is 0.115. The van der Waals surface area contributed by atoms with Gasteiger partial charge in [0, 0.05) is 29.8 Å². The van der Waals surface area contributed by atoms with Crippen LogP contribution in [-0.4, -0.2) is 28.3 Å². The van der Waals surface area contributed by atoms with Crippen LogP contribution in [0.4, 0.5) is 15.0 Å². The molecule has 2 aromatic carbocycles. The number of nitrogens with one attached hydrogen (secondary N) is 3. The molecule has 1 fully saturated rings. The SMILES string of the molecule is CC(C)(C(=O)Nc1cc([C@H]2C[C@@H](OC(=O)NCc3ccccc3F)C2)[nH]n1)c1ccccc1. The van der Waals surface area contributed by atoms with Crippen LogP contribution in [0.5, 0.6) is 0 Å². The average molecular weight is 451 g/mol. The fraction of sp³-hybridized carbons (Fsp3) is 0.320. The number of alkyl carbamates (subject to hydrolysis) is 1. The van der Waals surface area contributed by atoms with Crippen molar-refractivity contribution in [2.24, 2.45) is 0 Å². The summed E-state index contributed by atoms with van der Waals surface area (Å²) >= 11 is 0. The molecule has 7 nitrogen and oxygen atoms in total. The molecule has 0 unspecified atom stereocenters. The first-order valence-corrected chi connectivity index (χ1v) is 10.9. The number of H-pyrrole nitrogens is 1. The van der Waals surface area contributed by atoms with Crippen molar-refractivity contribution >= 4 is 17.8 Å². The monoisotopic (exact) mass is 450 g/mol. The van der Waals surface area contributed by atoms with E-state index >= 15 is 0 Å². The highest BCUT2D eigenvalue weighted by Crippen LogP contribution is 2.38. The topological polar surface area (TPSA) is 96.1 Å². The van der Waals surface area contributed by atoms with Crippen LogP contribution >= 0.6 is 0 Å². The number of anilines is 1. The van der Waals surface area contributed by atoms with Gasteiger partial charge in [-0.3, -0.25) is 9.89 Å². The molecule has 0 bridgehead atoms. The fourth-order valence-corrected chi connectivity index (χ4v) is 3.79. The normalized spacial score (nSPS) is 17.7. The maximum Gasteiger partial charge on any atom is 0.407 e. The first-order valence-electron chi connectivity index (χ1n) is 10.9. The molecule has 4 rings (SSSR count). The van der Waals surface area contributed by atoms with Gasteiger partial charge >= 0.3 is 6.09 Å². The third-order valence-electron chi connectivity index (χ3n) is 6.09. The van der Waals surface area contributed by atoms with Crippen LogP contribution in [0.3, 0.4) is 0 Å². The van der Waals surface area contributed by atoms with Crippen molar-refractivity contribution in [2.75, 3.05) is 5.32 Å². The number of aromatic amines is 1. The Balaban J connectivity index is 1.24. The highest BCUT2D eigenvalue weighted by atomic mass is 19.1. The zero-order chi connectivity index (χ0) is 23.4. The van der Waals surface area contributed by atoms with E-state index < -0.39 is 11.5 Å². The van der Waals surface area contributed by atoms with Gasteiger partial charge in [-0.2, -0.15) is 5.10 Å². The number of nitrogens with zero attached hydrogens (tertiary/aromatic N) is 1. The van der Waals surface area contributed by atoms with Gasteiger partial charge in [0.05, 0.1) is 5.41 Å². The molecule has 1 saturated carbocycles. The number of rotatable bonds is 7. The molecule has 172 valence electrons. The molecule has 1 aliphatic rings. The summed E-state index contributed by atoms with van der Waals surface area (Å²) in [7, 11) is 0. The highest BCUT2D eigenvalue weighted by Gasteiger charge is 2.35. The first kappa shape index (κ1) is 22.5. The lowest BCUT2D eigenvalue weighted by molar-refractivity contribution is -0.120. The highest BCUT2D eigenvalue weighted by molar-refractivity contribution is 5.97. The van der Waals surface area contributed by atoms with Crippen LogP contribution in [-0.2, 0) is 21.5 Å². The van der Waals surface area contributed by atoms with Crippen molar-refractivity contribution in [1.82, 2.24) is 15.5 Å². The quantitative estimate of drug-likeness (QED) is 0.489. The number of hydrogen-bond donors (Lipinski definition) is 3. The van der Waals surface area contributed by atoms with Crippen LogP contribution in [0.2, 0.25) is 0 Å². The average Bonchev–Trinajstić information content (AvgIpc) is 3.23. The van der Waals surface area contributed by atoms with E-state index in [1.807, 2.05) is 50.2 Å². The van der Waals surface area contributed by atoms with Crippen LogP contribution < -0.4 is 10.6 Å². The largest absolute Gasteiger partial charge is 0.446 e. The summed E-state index contributed by atoms with van der Waals surface area (Å²) in [6, 6.07) is 17.7. The number of halogens is 1. The Morgan fingerprint density at radius 1 is 1.12 bits per heavy atom. The van der Waals surface area contributed by atoms with Crippen molar-refractivity contribution in [3.63, 3.8) is 0 Å². The van der Waals surface area contributed by atoms with Crippen molar-refractivity contribution in [3.05, 3.63) is 83.3 Å². The summed E-state index contributed by atoms with van der Waals surface area (Å²) in [4.78, 5) is 24.8. The predicted octanol–water partition coefficient (Wildman–Crippen LogP) is 4.64. The van der Waals surface area contributed by atoms with Gasteiger partial charge < -0.3 is 15.4 Å². The predicted molar refractivity (Wildman–Crippen MR) is 122 cm³/mol. The molecule has 3 N–H and O–H groups in total. The number of hydrogen-bond acceptors (Lipinski definition) is 4. The third kappa shape index (κ3) is 5.22. The summed E-state index contributed by atoms with van der Waals surface area (Å²) in [6.07, 6.45) is 0.521. The van der Waals surface area contributed by atoms with E-state index in [0.717, 1.165) is 11.3 Å². The Hall–Kier alpha value is -3.68. The second-order valence-corrected chi connectivity index (χ2v) is 8.79. The van der Waals surface area contributed by atoms with Gasteiger partial charge in [-0.15, -0.1) is 0 Å².